The predicted molar refractivity (Wildman–Crippen MR) is 89.5 cm³/mol. The Bertz CT molecular complexity index is 745. The molecule has 0 aliphatic rings. The summed E-state index contributed by atoms with van der Waals surface area (Å²) in [7, 11) is 0. The Hall–Kier alpha value is -1.33. The van der Waals surface area contributed by atoms with Crippen LogP contribution in [0.1, 0.15) is 18.3 Å². The third kappa shape index (κ3) is 2.47. The molecule has 0 unspecified atom stereocenters. The fourth-order valence-electron chi connectivity index (χ4n) is 2.30. The van der Waals surface area contributed by atoms with Crippen LogP contribution < -0.4 is 5.32 Å². The van der Waals surface area contributed by atoms with E-state index in [4.69, 9.17) is 0 Å². The van der Waals surface area contributed by atoms with Crippen LogP contribution in [0.5, 0.6) is 0 Å². The number of nitrogens with zero attached hydrogens (tertiary/aromatic N) is 2. The number of nitrogens with one attached hydrogen (secondary N) is 1. The van der Waals surface area contributed by atoms with Gasteiger partial charge in [-0.15, -0.1) is 11.3 Å². The zero-order valence-corrected chi connectivity index (χ0v) is 13.9. The van der Waals surface area contributed by atoms with Crippen LogP contribution >= 0.6 is 27.3 Å². The van der Waals surface area contributed by atoms with Crippen molar-refractivity contribution in [3.8, 4) is 0 Å². The minimum absolute atomic E-state index is 0.769. The van der Waals surface area contributed by atoms with Gasteiger partial charge in [-0.3, -0.25) is 4.68 Å². The summed E-state index contributed by atoms with van der Waals surface area (Å²) in [6.07, 6.45) is 0. The second-order valence-electron chi connectivity index (χ2n) is 4.69. The number of hydrogen-bond acceptors (Lipinski definition) is 3. The van der Waals surface area contributed by atoms with Gasteiger partial charge in [0, 0.05) is 16.9 Å². The van der Waals surface area contributed by atoms with Gasteiger partial charge in [-0.25, -0.2) is 0 Å². The molecule has 2 aromatic heterocycles. The fraction of sp³-hybridized carbons (Fsp3) is 0.267. The maximum atomic E-state index is 4.51. The number of aryl methyl sites for hydroxylation is 2. The molecule has 3 aromatic rings. The normalized spacial score (nSPS) is 11.2. The van der Waals surface area contributed by atoms with Crippen molar-refractivity contribution in [2.45, 2.75) is 26.9 Å². The number of benzene rings is 1. The highest BCUT2D eigenvalue weighted by atomic mass is 79.9. The smallest absolute Gasteiger partial charge is 0.0739 e. The quantitative estimate of drug-likeness (QED) is 0.732. The molecule has 0 atom stereocenters. The van der Waals surface area contributed by atoms with Crippen molar-refractivity contribution in [3.63, 3.8) is 0 Å². The molecule has 1 aromatic carbocycles. The van der Waals surface area contributed by atoms with Crippen LogP contribution in [-0.4, -0.2) is 9.78 Å². The van der Waals surface area contributed by atoms with Gasteiger partial charge in [0.25, 0.3) is 0 Å². The third-order valence-electron chi connectivity index (χ3n) is 3.37. The van der Waals surface area contributed by atoms with Crippen molar-refractivity contribution in [1.29, 1.82) is 0 Å². The van der Waals surface area contributed by atoms with Gasteiger partial charge >= 0.3 is 0 Å². The average molecular weight is 350 g/mol. The zero-order chi connectivity index (χ0) is 14.1. The maximum Gasteiger partial charge on any atom is 0.0739 e. The lowest BCUT2D eigenvalue weighted by Gasteiger charge is -2.09. The van der Waals surface area contributed by atoms with Crippen molar-refractivity contribution >= 4 is 43.0 Å². The lowest BCUT2D eigenvalue weighted by Crippen LogP contribution is -2.08. The van der Waals surface area contributed by atoms with Gasteiger partial charge < -0.3 is 5.32 Å². The Morgan fingerprint density at radius 2 is 2.20 bits per heavy atom. The number of rotatable bonds is 4. The van der Waals surface area contributed by atoms with E-state index in [1.165, 1.54) is 15.8 Å². The Morgan fingerprint density at radius 1 is 1.35 bits per heavy atom. The lowest BCUT2D eigenvalue weighted by atomic mass is 10.2. The summed E-state index contributed by atoms with van der Waals surface area (Å²) < 4.78 is 4.46. The number of hydrogen-bond donors (Lipinski definition) is 1. The van der Waals surface area contributed by atoms with E-state index in [1.807, 2.05) is 11.6 Å². The van der Waals surface area contributed by atoms with Gasteiger partial charge in [-0.2, -0.15) is 5.10 Å². The predicted octanol–water partition coefficient (Wildman–Crippen LogP) is 4.80. The molecule has 104 valence electrons. The lowest BCUT2D eigenvalue weighted by molar-refractivity contribution is 0.622. The van der Waals surface area contributed by atoms with Crippen LogP contribution in [0.3, 0.4) is 0 Å². The van der Waals surface area contributed by atoms with Crippen molar-refractivity contribution < 1.29 is 0 Å². The molecule has 3 rings (SSSR count). The molecule has 0 aliphatic carbocycles. The van der Waals surface area contributed by atoms with Crippen molar-refractivity contribution in [1.82, 2.24) is 9.78 Å². The van der Waals surface area contributed by atoms with E-state index in [0.29, 0.717) is 0 Å². The van der Waals surface area contributed by atoms with Gasteiger partial charge in [-0.1, -0.05) is 0 Å². The number of thiophene rings is 1. The molecule has 0 radical (unpaired) electrons. The van der Waals surface area contributed by atoms with E-state index in [9.17, 15) is 0 Å². The standard InChI is InChI=1S/C15H16BrN3S/c1-3-19-13(15(16)10(2)18-19)9-17-12-4-5-14-11(8-12)6-7-20-14/h4-8,17H,3,9H2,1-2H3. The van der Waals surface area contributed by atoms with Gasteiger partial charge in [0.2, 0.25) is 0 Å². The molecule has 0 aliphatic heterocycles. The largest absolute Gasteiger partial charge is 0.379 e. The molecule has 2 heterocycles. The summed E-state index contributed by atoms with van der Waals surface area (Å²) in [5, 5.41) is 11.4. The second kappa shape index (κ2) is 5.58. The van der Waals surface area contributed by atoms with E-state index in [2.05, 4.69) is 62.9 Å². The summed E-state index contributed by atoms with van der Waals surface area (Å²) in [6, 6.07) is 8.65. The highest BCUT2D eigenvalue weighted by Crippen LogP contribution is 2.26. The molecule has 20 heavy (non-hydrogen) atoms. The molecular weight excluding hydrogens is 334 g/mol. The number of fused-ring (bicyclic) bond motifs is 1. The molecule has 0 bridgehead atoms. The van der Waals surface area contributed by atoms with E-state index in [-0.39, 0.29) is 0 Å². The summed E-state index contributed by atoms with van der Waals surface area (Å²) >= 11 is 5.40. The van der Waals surface area contributed by atoms with Gasteiger partial charge in [0.1, 0.15) is 0 Å². The average Bonchev–Trinajstić information content (AvgIpc) is 3.02. The summed E-state index contributed by atoms with van der Waals surface area (Å²) in [5.74, 6) is 0. The van der Waals surface area contributed by atoms with Crippen molar-refractivity contribution in [3.05, 3.63) is 45.5 Å². The molecule has 0 amide bonds. The zero-order valence-electron chi connectivity index (χ0n) is 11.5. The molecular formula is C15H16BrN3S. The molecule has 3 nitrogen and oxygen atoms in total. The fourth-order valence-corrected chi connectivity index (χ4v) is 3.50. The maximum absolute atomic E-state index is 4.51. The molecule has 0 fully saturated rings. The summed E-state index contributed by atoms with van der Waals surface area (Å²) in [6.45, 7) is 5.79. The minimum Gasteiger partial charge on any atom is -0.379 e. The molecule has 1 N–H and O–H groups in total. The van der Waals surface area contributed by atoms with Crippen molar-refractivity contribution in [2.24, 2.45) is 0 Å². The monoisotopic (exact) mass is 349 g/mol. The van der Waals surface area contributed by atoms with Gasteiger partial charge in [0.15, 0.2) is 0 Å². The third-order valence-corrected chi connectivity index (χ3v) is 5.29. The number of halogens is 1. The summed E-state index contributed by atoms with van der Waals surface area (Å²) in [4.78, 5) is 0. The van der Waals surface area contributed by atoms with E-state index in [0.717, 1.165) is 28.9 Å². The topological polar surface area (TPSA) is 29.9 Å². The van der Waals surface area contributed by atoms with Crippen LogP contribution in [0.25, 0.3) is 10.1 Å². The Morgan fingerprint density at radius 3 is 3.00 bits per heavy atom. The Kier molecular flexibility index (Phi) is 3.81. The van der Waals surface area contributed by atoms with Gasteiger partial charge in [-0.05, 0) is 64.8 Å². The highest BCUT2D eigenvalue weighted by molar-refractivity contribution is 9.10. The van der Waals surface area contributed by atoms with Gasteiger partial charge in [0.05, 0.1) is 22.4 Å². The Balaban J connectivity index is 1.82. The molecule has 0 saturated heterocycles. The van der Waals surface area contributed by atoms with Crippen molar-refractivity contribution in [2.75, 3.05) is 5.32 Å². The first-order valence-electron chi connectivity index (χ1n) is 6.62. The van der Waals surface area contributed by atoms with E-state index in [1.54, 1.807) is 11.3 Å². The first-order valence-corrected chi connectivity index (χ1v) is 8.29. The highest BCUT2D eigenvalue weighted by Gasteiger charge is 2.11. The molecule has 0 saturated carbocycles. The first kappa shape index (κ1) is 13.6. The van der Waals surface area contributed by atoms with Crippen LogP contribution in [0.2, 0.25) is 0 Å². The van der Waals surface area contributed by atoms with Crippen LogP contribution in [0.4, 0.5) is 5.69 Å². The molecule has 5 heteroatoms. The number of anilines is 1. The number of aromatic nitrogens is 2. The van der Waals surface area contributed by atoms with Crippen LogP contribution in [0.15, 0.2) is 34.1 Å². The van der Waals surface area contributed by atoms with E-state index < -0.39 is 0 Å². The second-order valence-corrected chi connectivity index (χ2v) is 6.43. The van der Waals surface area contributed by atoms with E-state index >= 15 is 0 Å². The molecule has 0 spiro atoms. The van der Waals surface area contributed by atoms with Crippen LogP contribution in [-0.2, 0) is 13.1 Å². The SMILES string of the molecule is CCn1nc(C)c(Br)c1CNc1ccc2sccc2c1. The minimum atomic E-state index is 0.769. The first-order chi connectivity index (χ1) is 9.69. The summed E-state index contributed by atoms with van der Waals surface area (Å²) in [5.41, 5.74) is 3.37. The van der Waals surface area contributed by atoms with Crippen LogP contribution in [0, 0.1) is 6.92 Å². The Labute approximate surface area is 130 Å².